The van der Waals surface area contributed by atoms with Gasteiger partial charge in [0.15, 0.2) is 0 Å². The number of hydrazone groups is 1. The molecular weight excluding hydrogens is 296 g/mol. The molecule has 22 heavy (non-hydrogen) atoms. The molecule has 4 heteroatoms. The number of rotatable bonds is 3. The Morgan fingerprint density at radius 2 is 1.86 bits per heavy atom. The fourth-order valence-corrected chi connectivity index (χ4v) is 2.39. The first-order chi connectivity index (χ1) is 10.3. The minimum Gasteiger partial charge on any atom is -0.507 e. The molecule has 0 saturated heterocycles. The number of anilines is 1. The van der Waals surface area contributed by atoms with E-state index in [-0.39, 0.29) is 11.2 Å². The lowest BCUT2D eigenvalue weighted by Gasteiger charge is -2.19. The predicted octanol–water partition coefficient (Wildman–Crippen LogP) is 5.10. The van der Waals surface area contributed by atoms with Crippen LogP contribution in [0.1, 0.15) is 37.5 Å². The van der Waals surface area contributed by atoms with E-state index in [9.17, 15) is 5.11 Å². The SMILES string of the molecule is Cc1cc(Cl)cc(N/N=C/c2cc(C(C)(C)C)ccc2O)c1. The summed E-state index contributed by atoms with van der Waals surface area (Å²) < 4.78 is 0. The molecular formula is C18H21ClN2O. The van der Waals surface area contributed by atoms with Crippen LogP contribution in [0.2, 0.25) is 5.02 Å². The lowest BCUT2D eigenvalue weighted by Crippen LogP contribution is -2.11. The zero-order valence-electron chi connectivity index (χ0n) is 13.3. The minimum absolute atomic E-state index is 0.0216. The van der Waals surface area contributed by atoms with Gasteiger partial charge in [0.2, 0.25) is 0 Å². The van der Waals surface area contributed by atoms with Gasteiger partial charge in [0.05, 0.1) is 11.9 Å². The molecule has 0 aliphatic rings. The molecule has 0 fully saturated rings. The average molecular weight is 317 g/mol. The van der Waals surface area contributed by atoms with Crippen LogP contribution in [-0.4, -0.2) is 11.3 Å². The summed E-state index contributed by atoms with van der Waals surface area (Å²) in [4.78, 5) is 0. The second kappa shape index (κ2) is 6.41. The zero-order chi connectivity index (χ0) is 16.3. The van der Waals surface area contributed by atoms with Crippen molar-refractivity contribution in [1.29, 1.82) is 0 Å². The highest BCUT2D eigenvalue weighted by molar-refractivity contribution is 6.30. The molecule has 0 aromatic heterocycles. The standard InChI is InChI=1S/C18H21ClN2O/c1-12-7-15(19)10-16(8-12)21-20-11-13-9-14(18(2,3)4)5-6-17(13)22/h5-11,21-22H,1-4H3/b20-11+. The summed E-state index contributed by atoms with van der Waals surface area (Å²) in [5.41, 5.74) is 6.65. The summed E-state index contributed by atoms with van der Waals surface area (Å²) in [5.74, 6) is 0.209. The number of benzene rings is 2. The molecule has 0 amide bonds. The minimum atomic E-state index is 0.0216. The van der Waals surface area contributed by atoms with Crippen LogP contribution < -0.4 is 5.43 Å². The van der Waals surface area contributed by atoms with Gasteiger partial charge in [-0.3, -0.25) is 5.43 Å². The van der Waals surface area contributed by atoms with Crippen molar-refractivity contribution >= 4 is 23.5 Å². The molecule has 0 aliphatic carbocycles. The summed E-state index contributed by atoms with van der Waals surface area (Å²) in [6, 6.07) is 11.2. The molecule has 0 aliphatic heterocycles. The predicted molar refractivity (Wildman–Crippen MR) is 94.2 cm³/mol. The van der Waals surface area contributed by atoms with Crippen molar-refractivity contribution in [2.45, 2.75) is 33.1 Å². The van der Waals surface area contributed by atoms with Crippen LogP contribution >= 0.6 is 11.6 Å². The van der Waals surface area contributed by atoms with Crippen molar-refractivity contribution in [3.63, 3.8) is 0 Å². The zero-order valence-corrected chi connectivity index (χ0v) is 14.1. The Hall–Kier alpha value is -2.00. The Bertz CT molecular complexity index is 682. The number of hydrogen-bond acceptors (Lipinski definition) is 3. The van der Waals surface area contributed by atoms with Crippen molar-refractivity contribution in [3.8, 4) is 5.75 Å². The van der Waals surface area contributed by atoms with Gasteiger partial charge in [-0.1, -0.05) is 38.4 Å². The van der Waals surface area contributed by atoms with Crippen molar-refractivity contribution in [3.05, 3.63) is 58.1 Å². The molecule has 3 nitrogen and oxygen atoms in total. The summed E-state index contributed by atoms with van der Waals surface area (Å²) in [6.45, 7) is 8.37. The van der Waals surface area contributed by atoms with Gasteiger partial charge in [0.25, 0.3) is 0 Å². The smallest absolute Gasteiger partial charge is 0.124 e. The van der Waals surface area contributed by atoms with Gasteiger partial charge in [-0.2, -0.15) is 5.10 Å². The maximum Gasteiger partial charge on any atom is 0.124 e. The molecule has 2 N–H and O–H groups in total. The summed E-state index contributed by atoms with van der Waals surface area (Å²) in [7, 11) is 0. The third kappa shape index (κ3) is 4.25. The third-order valence-corrected chi connectivity index (χ3v) is 3.55. The molecule has 0 heterocycles. The van der Waals surface area contributed by atoms with Crippen molar-refractivity contribution in [2.75, 3.05) is 5.43 Å². The number of halogens is 1. The Morgan fingerprint density at radius 1 is 1.14 bits per heavy atom. The molecule has 2 aromatic carbocycles. The van der Waals surface area contributed by atoms with Crippen LogP contribution in [0.3, 0.4) is 0 Å². The van der Waals surface area contributed by atoms with Crippen LogP contribution in [-0.2, 0) is 5.41 Å². The van der Waals surface area contributed by atoms with E-state index in [2.05, 4.69) is 31.3 Å². The molecule has 116 valence electrons. The largest absolute Gasteiger partial charge is 0.507 e. The highest BCUT2D eigenvalue weighted by atomic mass is 35.5. The molecule has 0 spiro atoms. The summed E-state index contributed by atoms with van der Waals surface area (Å²) in [5, 5.41) is 14.8. The van der Waals surface area contributed by atoms with Gasteiger partial charge in [-0.05, 0) is 53.8 Å². The lowest BCUT2D eigenvalue weighted by molar-refractivity contribution is 0.473. The fraction of sp³-hybridized carbons (Fsp3) is 0.278. The first-order valence-corrected chi connectivity index (χ1v) is 7.53. The van der Waals surface area contributed by atoms with E-state index in [0.717, 1.165) is 16.8 Å². The van der Waals surface area contributed by atoms with Crippen LogP contribution in [0, 0.1) is 6.92 Å². The van der Waals surface area contributed by atoms with E-state index in [0.29, 0.717) is 10.6 Å². The topological polar surface area (TPSA) is 44.6 Å². The fourth-order valence-electron chi connectivity index (χ4n) is 2.10. The first kappa shape index (κ1) is 16.4. The number of aromatic hydroxyl groups is 1. The molecule has 2 rings (SSSR count). The highest BCUT2D eigenvalue weighted by Crippen LogP contribution is 2.26. The Balaban J connectivity index is 2.19. The lowest BCUT2D eigenvalue weighted by atomic mass is 9.86. The first-order valence-electron chi connectivity index (χ1n) is 7.15. The Labute approximate surface area is 136 Å². The van der Waals surface area contributed by atoms with Gasteiger partial charge < -0.3 is 5.11 Å². The van der Waals surface area contributed by atoms with Gasteiger partial charge in [-0.25, -0.2) is 0 Å². The molecule has 0 saturated carbocycles. The number of aryl methyl sites for hydroxylation is 1. The van der Waals surface area contributed by atoms with Crippen LogP contribution in [0.25, 0.3) is 0 Å². The van der Waals surface area contributed by atoms with E-state index < -0.39 is 0 Å². The monoisotopic (exact) mass is 316 g/mol. The van der Waals surface area contributed by atoms with E-state index in [1.807, 2.05) is 31.2 Å². The molecule has 0 bridgehead atoms. The van der Waals surface area contributed by atoms with Crippen LogP contribution in [0.15, 0.2) is 41.5 Å². The maximum absolute atomic E-state index is 9.95. The van der Waals surface area contributed by atoms with Crippen molar-refractivity contribution in [2.24, 2.45) is 5.10 Å². The number of hydrogen-bond donors (Lipinski definition) is 2. The molecule has 0 radical (unpaired) electrons. The van der Waals surface area contributed by atoms with Crippen LogP contribution in [0.5, 0.6) is 5.75 Å². The van der Waals surface area contributed by atoms with Crippen molar-refractivity contribution in [1.82, 2.24) is 0 Å². The van der Waals surface area contributed by atoms with Crippen molar-refractivity contribution < 1.29 is 5.11 Å². The molecule has 0 unspecified atom stereocenters. The summed E-state index contributed by atoms with van der Waals surface area (Å²) >= 11 is 6.01. The second-order valence-electron chi connectivity index (χ2n) is 6.41. The molecule has 0 atom stereocenters. The van der Waals surface area contributed by atoms with Gasteiger partial charge in [0, 0.05) is 10.6 Å². The maximum atomic E-state index is 9.95. The van der Waals surface area contributed by atoms with Gasteiger partial charge in [0.1, 0.15) is 5.75 Å². The number of phenols is 1. The number of phenolic OH excluding ortho intramolecular Hbond substituents is 1. The van der Waals surface area contributed by atoms with E-state index >= 15 is 0 Å². The quantitative estimate of drug-likeness (QED) is 0.611. The van der Waals surface area contributed by atoms with E-state index in [1.165, 1.54) is 0 Å². The van der Waals surface area contributed by atoms with E-state index in [1.54, 1.807) is 18.3 Å². The van der Waals surface area contributed by atoms with E-state index in [4.69, 9.17) is 11.6 Å². The summed E-state index contributed by atoms with van der Waals surface area (Å²) in [6.07, 6.45) is 1.61. The van der Waals surface area contributed by atoms with Crippen LogP contribution in [0.4, 0.5) is 5.69 Å². The third-order valence-electron chi connectivity index (χ3n) is 3.33. The Kier molecular flexibility index (Phi) is 4.77. The number of nitrogens with zero attached hydrogens (tertiary/aromatic N) is 1. The normalized spacial score (nSPS) is 11.9. The van der Waals surface area contributed by atoms with Gasteiger partial charge >= 0.3 is 0 Å². The average Bonchev–Trinajstić information content (AvgIpc) is 2.38. The Morgan fingerprint density at radius 3 is 2.50 bits per heavy atom. The molecule has 2 aromatic rings. The number of nitrogens with one attached hydrogen (secondary N) is 1. The van der Waals surface area contributed by atoms with Gasteiger partial charge in [-0.15, -0.1) is 0 Å². The highest BCUT2D eigenvalue weighted by Gasteiger charge is 2.14. The second-order valence-corrected chi connectivity index (χ2v) is 6.85.